The second-order valence-electron chi connectivity index (χ2n) is 8.77. The number of benzene rings is 1. The van der Waals surface area contributed by atoms with Crippen molar-refractivity contribution in [1.29, 1.82) is 0 Å². The molecule has 0 bridgehead atoms. The van der Waals surface area contributed by atoms with Gasteiger partial charge in [-0.25, -0.2) is 0 Å². The fourth-order valence-corrected chi connectivity index (χ4v) is 4.47. The van der Waals surface area contributed by atoms with Gasteiger partial charge in [0.15, 0.2) is 0 Å². The molecule has 1 aromatic rings. The topological polar surface area (TPSA) is 90.5 Å². The molecule has 150 valence electrons. The first kappa shape index (κ1) is 19.1. The quantitative estimate of drug-likeness (QED) is 0.657. The van der Waals surface area contributed by atoms with Crippen LogP contribution in [0.1, 0.15) is 54.6 Å². The maximum Gasteiger partial charge on any atom is 0.255 e. The molecule has 3 aliphatic rings. The number of rotatable bonds is 5. The number of carbonyl (C=O) groups is 3. The Morgan fingerprint density at radius 1 is 1.25 bits per heavy atom. The smallest absolute Gasteiger partial charge is 0.255 e. The molecule has 7 heteroatoms. The lowest BCUT2D eigenvalue weighted by Gasteiger charge is -2.29. The molecule has 3 amide bonds. The first-order valence-corrected chi connectivity index (χ1v) is 10.1. The van der Waals surface area contributed by atoms with Crippen LogP contribution >= 0.6 is 0 Å². The summed E-state index contributed by atoms with van der Waals surface area (Å²) >= 11 is 0. The van der Waals surface area contributed by atoms with Gasteiger partial charge < -0.3 is 15.5 Å². The Bertz CT molecular complexity index is 820. The molecule has 3 N–H and O–H groups in total. The van der Waals surface area contributed by atoms with Crippen molar-refractivity contribution < 1.29 is 14.4 Å². The van der Waals surface area contributed by atoms with Crippen LogP contribution in [0.5, 0.6) is 0 Å². The summed E-state index contributed by atoms with van der Waals surface area (Å²) in [6, 6.07) is 5.80. The molecular weight excluding hydrogens is 356 g/mol. The summed E-state index contributed by atoms with van der Waals surface area (Å²) in [4.78, 5) is 37.8. The number of nitrogens with zero attached hydrogens (tertiary/aromatic N) is 1. The number of fused-ring (bicyclic) bond motifs is 1. The van der Waals surface area contributed by atoms with E-state index >= 15 is 0 Å². The molecule has 2 atom stereocenters. The van der Waals surface area contributed by atoms with E-state index in [1.807, 2.05) is 12.1 Å². The van der Waals surface area contributed by atoms with Crippen LogP contribution < -0.4 is 16.0 Å². The first-order valence-electron chi connectivity index (χ1n) is 10.1. The zero-order valence-electron chi connectivity index (χ0n) is 16.5. The van der Waals surface area contributed by atoms with Gasteiger partial charge >= 0.3 is 0 Å². The molecule has 2 unspecified atom stereocenters. The Hall–Kier alpha value is -2.25. The average molecular weight is 384 g/mol. The van der Waals surface area contributed by atoms with Crippen molar-refractivity contribution >= 4 is 17.7 Å². The van der Waals surface area contributed by atoms with E-state index in [0.29, 0.717) is 30.0 Å². The molecule has 28 heavy (non-hydrogen) atoms. The molecule has 0 spiro atoms. The molecule has 4 rings (SSSR count). The third-order valence-corrected chi connectivity index (χ3v) is 6.37. The van der Waals surface area contributed by atoms with E-state index in [1.165, 1.54) is 6.42 Å². The molecule has 2 fully saturated rings. The largest absolute Gasteiger partial charge is 0.322 e. The van der Waals surface area contributed by atoms with Crippen LogP contribution in [0.15, 0.2) is 18.2 Å². The van der Waals surface area contributed by atoms with Crippen LogP contribution in [-0.4, -0.2) is 47.8 Å². The lowest BCUT2D eigenvalue weighted by Crippen LogP contribution is -2.52. The van der Waals surface area contributed by atoms with Crippen molar-refractivity contribution in [3.8, 4) is 0 Å². The molecule has 0 radical (unpaired) electrons. The predicted octanol–water partition coefficient (Wildman–Crippen LogP) is 0.925. The maximum atomic E-state index is 12.7. The molecule has 3 aliphatic heterocycles. The number of hydrogen-bond acceptors (Lipinski definition) is 5. The molecule has 7 nitrogen and oxygen atoms in total. The molecular formula is C21H28N4O3. The average Bonchev–Trinajstić information content (AvgIpc) is 3.14. The lowest BCUT2D eigenvalue weighted by molar-refractivity contribution is -0.136. The Labute approximate surface area is 165 Å². The van der Waals surface area contributed by atoms with Crippen LogP contribution in [0.4, 0.5) is 0 Å². The Balaban J connectivity index is 1.38. The van der Waals surface area contributed by atoms with Gasteiger partial charge in [0.1, 0.15) is 6.04 Å². The number of nitrogens with one attached hydrogen (secondary N) is 3. The summed E-state index contributed by atoms with van der Waals surface area (Å²) in [5.74, 6) is -0.759. The van der Waals surface area contributed by atoms with Gasteiger partial charge in [-0.3, -0.25) is 19.7 Å². The Morgan fingerprint density at radius 3 is 2.79 bits per heavy atom. The first-order chi connectivity index (χ1) is 13.3. The number of piperidine rings is 1. The third kappa shape index (κ3) is 3.56. The summed E-state index contributed by atoms with van der Waals surface area (Å²) < 4.78 is 0. The van der Waals surface area contributed by atoms with E-state index in [0.717, 1.165) is 30.8 Å². The third-order valence-electron chi connectivity index (χ3n) is 6.37. The molecule has 0 aliphatic carbocycles. The van der Waals surface area contributed by atoms with E-state index in [1.54, 1.807) is 4.90 Å². The molecule has 0 saturated carbocycles. The van der Waals surface area contributed by atoms with Crippen molar-refractivity contribution in [3.63, 3.8) is 0 Å². The maximum absolute atomic E-state index is 12.7. The van der Waals surface area contributed by atoms with E-state index < -0.39 is 6.04 Å². The fraction of sp³-hybridized carbons (Fsp3) is 0.571. The highest BCUT2D eigenvalue weighted by Gasteiger charge is 2.39. The second kappa shape index (κ2) is 7.29. The van der Waals surface area contributed by atoms with E-state index in [9.17, 15) is 14.4 Å². The lowest BCUT2D eigenvalue weighted by atomic mass is 9.85. The molecule has 3 heterocycles. The number of imide groups is 1. The fourth-order valence-electron chi connectivity index (χ4n) is 4.47. The highest BCUT2D eigenvalue weighted by molar-refractivity contribution is 6.05. The summed E-state index contributed by atoms with van der Waals surface area (Å²) in [7, 11) is 0. The minimum atomic E-state index is -0.560. The van der Waals surface area contributed by atoms with E-state index in [-0.39, 0.29) is 24.1 Å². The van der Waals surface area contributed by atoms with E-state index in [4.69, 9.17) is 0 Å². The van der Waals surface area contributed by atoms with Crippen LogP contribution in [0.25, 0.3) is 0 Å². The van der Waals surface area contributed by atoms with E-state index in [2.05, 4.69) is 35.9 Å². The Morgan fingerprint density at radius 2 is 2.07 bits per heavy atom. The summed E-state index contributed by atoms with van der Waals surface area (Å²) in [6.07, 6.45) is 1.86. The van der Waals surface area contributed by atoms with Crippen molar-refractivity contribution in [2.24, 2.45) is 5.41 Å². The van der Waals surface area contributed by atoms with Gasteiger partial charge in [0.25, 0.3) is 5.91 Å². The molecule has 1 aromatic carbocycles. The zero-order valence-corrected chi connectivity index (χ0v) is 16.5. The van der Waals surface area contributed by atoms with Crippen LogP contribution in [-0.2, 0) is 22.7 Å². The highest BCUT2D eigenvalue weighted by atomic mass is 16.2. The van der Waals surface area contributed by atoms with Crippen molar-refractivity contribution in [2.45, 2.75) is 58.3 Å². The van der Waals surface area contributed by atoms with Crippen molar-refractivity contribution in [3.05, 3.63) is 34.9 Å². The number of hydrogen-bond donors (Lipinski definition) is 3. The monoisotopic (exact) mass is 384 g/mol. The summed E-state index contributed by atoms with van der Waals surface area (Å²) in [6.45, 7) is 7.73. The van der Waals surface area contributed by atoms with Gasteiger partial charge in [0.2, 0.25) is 11.8 Å². The number of amides is 3. The molecule has 2 saturated heterocycles. The van der Waals surface area contributed by atoms with Crippen molar-refractivity contribution in [1.82, 2.24) is 20.9 Å². The predicted molar refractivity (Wildman–Crippen MR) is 104 cm³/mol. The van der Waals surface area contributed by atoms with Crippen LogP contribution in [0.3, 0.4) is 0 Å². The van der Waals surface area contributed by atoms with Crippen LogP contribution in [0.2, 0.25) is 0 Å². The van der Waals surface area contributed by atoms with Gasteiger partial charge in [-0.15, -0.1) is 0 Å². The van der Waals surface area contributed by atoms with Crippen LogP contribution in [0, 0.1) is 5.41 Å². The van der Waals surface area contributed by atoms with Gasteiger partial charge in [-0.05, 0) is 42.0 Å². The normalized spacial score (nSPS) is 26.5. The Kier molecular flexibility index (Phi) is 4.97. The number of carbonyl (C=O) groups excluding carboxylic acids is 3. The summed E-state index contributed by atoms with van der Waals surface area (Å²) in [5.41, 5.74) is 3.05. The van der Waals surface area contributed by atoms with Crippen molar-refractivity contribution in [2.75, 3.05) is 13.1 Å². The second-order valence-corrected chi connectivity index (χ2v) is 8.77. The zero-order chi connectivity index (χ0) is 19.9. The molecule has 0 aromatic heterocycles. The van der Waals surface area contributed by atoms with Gasteiger partial charge in [-0.2, -0.15) is 0 Å². The van der Waals surface area contributed by atoms with Gasteiger partial charge in [-0.1, -0.05) is 26.0 Å². The minimum Gasteiger partial charge on any atom is -0.322 e. The minimum absolute atomic E-state index is 0.124. The SMILES string of the molecule is CC1(C)CCNC1CNCc1ccc2c(c1)CN(C1CCC(=O)NC1=O)C2=O. The van der Waals surface area contributed by atoms with Gasteiger partial charge in [0.05, 0.1) is 0 Å². The van der Waals surface area contributed by atoms with Gasteiger partial charge in [0, 0.05) is 37.7 Å². The standard InChI is InChI=1S/C21H28N4O3/c1-21(2)7-8-23-17(21)11-22-10-13-3-4-15-14(9-13)12-25(20(15)28)16-5-6-18(26)24-19(16)27/h3-4,9,16-17,22-23H,5-8,10-12H2,1-2H3,(H,24,26,27). The summed E-state index contributed by atoms with van der Waals surface area (Å²) in [5, 5.41) is 9.42. The highest BCUT2D eigenvalue weighted by Crippen LogP contribution is 2.30.